The molecule has 1 heterocycles. The van der Waals surface area contributed by atoms with E-state index in [0.717, 1.165) is 5.56 Å². The molecule has 1 saturated heterocycles. The van der Waals surface area contributed by atoms with Crippen molar-refractivity contribution in [2.45, 2.75) is 18.4 Å². The maximum atomic E-state index is 12.7. The Hall–Kier alpha value is -2.12. The first-order chi connectivity index (χ1) is 11.5. The molecular weight excluding hydrogens is 312 g/mol. The van der Waals surface area contributed by atoms with Gasteiger partial charge in [-0.05, 0) is 6.07 Å². The first-order valence-electron chi connectivity index (χ1n) is 7.80. The molecule has 24 heavy (non-hydrogen) atoms. The smallest absolute Gasteiger partial charge is 0.227 e. The van der Waals surface area contributed by atoms with E-state index in [1.807, 2.05) is 24.3 Å². The van der Waals surface area contributed by atoms with Gasteiger partial charge in [-0.15, -0.1) is 0 Å². The maximum Gasteiger partial charge on any atom is 0.227 e. The highest BCUT2D eigenvalue weighted by molar-refractivity contribution is 5.80. The number of nitrogens with two attached hydrogens (primary N) is 1. The number of amides is 2. The number of morpholine rings is 1. The highest BCUT2D eigenvalue weighted by atomic mass is 16.5. The first kappa shape index (κ1) is 18.2. The zero-order valence-corrected chi connectivity index (χ0v) is 14.1. The van der Waals surface area contributed by atoms with Gasteiger partial charge in [-0.3, -0.25) is 9.59 Å². The number of carbonyl (C=O) groups is 2. The fourth-order valence-electron chi connectivity index (χ4n) is 3.01. The largest absolute Gasteiger partial charge is 0.496 e. The molecule has 1 unspecified atom stereocenters. The summed E-state index contributed by atoms with van der Waals surface area (Å²) in [6, 6.07) is 7.41. The van der Waals surface area contributed by atoms with Gasteiger partial charge in [0.15, 0.2) is 0 Å². The van der Waals surface area contributed by atoms with Crippen LogP contribution in [0.25, 0.3) is 0 Å². The molecule has 7 nitrogen and oxygen atoms in total. The third-order valence-corrected chi connectivity index (χ3v) is 4.04. The number of nitrogens with zero attached hydrogens (tertiary/aromatic N) is 1. The fourth-order valence-corrected chi connectivity index (χ4v) is 3.01. The van der Waals surface area contributed by atoms with Gasteiger partial charge in [0.05, 0.1) is 39.7 Å². The molecule has 1 fully saturated rings. The number of para-hydroxylation sites is 1. The first-order valence-corrected chi connectivity index (χ1v) is 7.80. The van der Waals surface area contributed by atoms with Gasteiger partial charge in [0.1, 0.15) is 11.4 Å². The standard InChI is InChI=1S/C17H24N2O5/c1-22-12-17(10-15(18)20)11-19(7-8-24-17)16(21)9-13-5-3-4-6-14(13)23-2/h3-6H,7-12H2,1-2H3,(H2,18,20). The van der Waals surface area contributed by atoms with Crippen LogP contribution in [0.1, 0.15) is 12.0 Å². The van der Waals surface area contributed by atoms with E-state index in [1.165, 1.54) is 7.11 Å². The summed E-state index contributed by atoms with van der Waals surface area (Å²) in [5, 5.41) is 0. The summed E-state index contributed by atoms with van der Waals surface area (Å²) >= 11 is 0. The molecule has 0 spiro atoms. The van der Waals surface area contributed by atoms with E-state index in [4.69, 9.17) is 19.9 Å². The lowest BCUT2D eigenvalue weighted by Gasteiger charge is -2.41. The lowest BCUT2D eigenvalue weighted by Crippen LogP contribution is -2.57. The van der Waals surface area contributed by atoms with Crippen molar-refractivity contribution in [2.75, 3.05) is 40.5 Å². The summed E-state index contributed by atoms with van der Waals surface area (Å²) in [4.78, 5) is 25.7. The van der Waals surface area contributed by atoms with Gasteiger partial charge in [-0.1, -0.05) is 18.2 Å². The lowest BCUT2D eigenvalue weighted by molar-refractivity contribution is -0.165. The number of rotatable bonds is 7. The monoisotopic (exact) mass is 336 g/mol. The molecule has 0 radical (unpaired) electrons. The van der Waals surface area contributed by atoms with Gasteiger partial charge in [-0.25, -0.2) is 0 Å². The topological polar surface area (TPSA) is 91.1 Å². The Morgan fingerprint density at radius 1 is 1.33 bits per heavy atom. The van der Waals surface area contributed by atoms with E-state index in [1.54, 1.807) is 12.0 Å². The minimum Gasteiger partial charge on any atom is -0.496 e. The summed E-state index contributed by atoms with van der Waals surface area (Å²) in [5.41, 5.74) is 5.27. The molecule has 7 heteroatoms. The fraction of sp³-hybridized carbons (Fsp3) is 0.529. The van der Waals surface area contributed by atoms with E-state index in [0.29, 0.717) is 18.9 Å². The molecule has 1 aliphatic rings. The molecule has 0 aliphatic carbocycles. The van der Waals surface area contributed by atoms with Gasteiger partial charge >= 0.3 is 0 Å². The van der Waals surface area contributed by atoms with Gasteiger partial charge < -0.3 is 24.8 Å². The van der Waals surface area contributed by atoms with E-state index in [-0.39, 0.29) is 31.9 Å². The van der Waals surface area contributed by atoms with E-state index >= 15 is 0 Å². The van der Waals surface area contributed by atoms with Crippen LogP contribution in [0, 0.1) is 0 Å². The van der Waals surface area contributed by atoms with E-state index in [2.05, 4.69) is 0 Å². The van der Waals surface area contributed by atoms with Crippen LogP contribution in [0.15, 0.2) is 24.3 Å². The number of primary amides is 1. The van der Waals surface area contributed by atoms with Crippen molar-refractivity contribution in [1.82, 2.24) is 4.90 Å². The second-order valence-electron chi connectivity index (χ2n) is 5.91. The van der Waals surface area contributed by atoms with Gasteiger partial charge in [0.2, 0.25) is 11.8 Å². The summed E-state index contributed by atoms with van der Waals surface area (Å²) in [7, 11) is 3.11. The van der Waals surface area contributed by atoms with Crippen molar-refractivity contribution >= 4 is 11.8 Å². The quantitative estimate of drug-likeness (QED) is 0.776. The average molecular weight is 336 g/mol. The molecule has 0 saturated carbocycles. The minimum absolute atomic E-state index is 0.0132. The van der Waals surface area contributed by atoms with Crippen molar-refractivity contribution in [3.63, 3.8) is 0 Å². The molecule has 1 aromatic rings. The van der Waals surface area contributed by atoms with Crippen molar-refractivity contribution < 1.29 is 23.8 Å². The van der Waals surface area contributed by atoms with E-state index < -0.39 is 11.5 Å². The molecule has 2 N–H and O–H groups in total. The summed E-state index contributed by atoms with van der Waals surface area (Å²) in [5.74, 6) is 0.151. The lowest BCUT2D eigenvalue weighted by atomic mass is 9.97. The van der Waals surface area contributed by atoms with Gasteiger partial charge in [0, 0.05) is 19.2 Å². The van der Waals surface area contributed by atoms with Crippen LogP contribution >= 0.6 is 0 Å². The third kappa shape index (κ3) is 4.46. The predicted octanol–water partition coefficient (Wildman–Crippen LogP) is 0.357. The SMILES string of the molecule is COCC1(CC(N)=O)CN(C(=O)Cc2ccccc2OC)CCO1. The van der Waals surface area contributed by atoms with Gasteiger partial charge in [0.25, 0.3) is 0 Å². The highest BCUT2D eigenvalue weighted by Crippen LogP contribution is 2.24. The third-order valence-electron chi connectivity index (χ3n) is 4.04. The van der Waals surface area contributed by atoms with Crippen molar-refractivity contribution in [3.05, 3.63) is 29.8 Å². The number of benzene rings is 1. The van der Waals surface area contributed by atoms with Crippen LogP contribution in [0.5, 0.6) is 5.75 Å². The normalized spacial score (nSPS) is 20.7. The van der Waals surface area contributed by atoms with Crippen molar-refractivity contribution in [3.8, 4) is 5.75 Å². The van der Waals surface area contributed by atoms with Crippen molar-refractivity contribution in [1.29, 1.82) is 0 Å². The van der Waals surface area contributed by atoms with Crippen LogP contribution in [0.2, 0.25) is 0 Å². The number of carbonyl (C=O) groups excluding carboxylic acids is 2. The molecule has 2 rings (SSSR count). The molecule has 2 amide bonds. The van der Waals surface area contributed by atoms with Gasteiger partial charge in [-0.2, -0.15) is 0 Å². The molecule has 1 aliphatic heterocycles. The number of ether oxygens (including phenoxy) is 3. The average Bonchev–Trinajstić information content (AvgIpc) is 2.55. The van der Waals surface area contributed by atoms with Crippen molar-refractivity contribution in [2.24, 2.45) is 5.73 Å². The van der Waals surface area contributed by atoms with E-state index in [9.17, 15) is 9.59 Å². The predicted molar refractivity (Wildman–Crippen MR) is 87.6 cm³/mol. The number of hydrogen-bond donors (Lipinski definition) is 1. The molecule has 1 aromatic carbocycles. The Bertz CT molecular complexity index is 588. The number of hydrogen-bond acceptors (Lipinski definition) is 5. The molecule has 1 atom stereocenters. The second kappa shape index (κ2) is 8.12. The minimum atomic E-state index is -0.880. The summed E-state index contributed by atoms with van der Waals surface area (Å²) < 4.78 is 16.2. The Labute approximate surface area is 141 Å². The Morgan fingerprint density at radius 2 is 2.08 bits per heavy atom. The van der Waals surface area contributed by atoms with Crippen LogP contribution in [0.4, 0.5) is 0 Å². The molecule has 132 valence electrons. The molecule has 0 bridgehead atoms. The van der Waals surface area contributed by atoms with Crippen LogP contribution in [-0.2, 0) is 25.5 Å². The summed E-state index contributed by atoms with van der Waals surface area (Å²) in [6.45, 7) is 1.29. The molecular formula is C17H24N2O5. The zero-order chi connectivity index (χ0) is 17.6. The highest BCUT2D eigenvalue weighted by Gasteiger charge is 2.40. The second-order valence-corrected chi connectivity index (χ2v) is 5.91. The Morgan fingerprint density at radius 3 is 2.75 bits per heavy atom. The zero-order valence-electron chi connectivity index (χ0n) is 14.1. The summed E-state index contributed by atoms with van der Waals surface area (Å²) in [6.07, 6.45) is 0.239. The maximum absolute atomic E-state index is 12.7. The number of methoxy groups -OCH3 is 2. The molecule has 0 aromatic heterocycles. The van der Waals surface area contributed by atoms with Crippen LogP contribution in [0.3, 0.4) is 0 Å². The Balaban J connectivity index is 2.10. The van der Waals surface area contributed by atoms with Crippen LogP contribution in [-0.4, -0.2) is 62.8 Å². The Kier molecular flexibility index (Phi) is 6.16. The van der Waals surface area contributed by atoms with Crippen LogP contribution < -0.4 is 10.5 Å².